The molecule has 2 heterocycles. The van der Waals surface area contributed by atoms with Gasteiger partial charge in [-0.15, -0.1) is 0 Å². The molecule has 1 aliphatic heterocycles. The van der Waals surface area contributed by atoms with Crippen LogP contribution in [0.1, 0.15) is 30.3 Å². The molecule has 0 unspecified atom stereocenters. The number of anilines is 1. The number of aromatic amines is 1. The second kappa shape index (κ2) is 5.39. The van der Waals surface area contributed by atoms with Gasteiger partial charge in [-0.25, -0.2) is 4.98 Å². The highest BCUT2D eigenvalue weighted by molar-refractivity contribution is 5.96. The first kappa shape index (κ1) is 10.7. The Bertz CT molecular complexity index is 284. The Labute approximate surface area is 82.7 Å². The van der Waals surface area contributed by atoms with Crippen LogP contribution in [0.2, 0.25) is 0 Å². The quantitative estimate of drug-likeness (QED) is 0.658. The Balaban J connectivity index is 0.000000165. The van der Waals surface area contributed by atoms with Gasteiger partial charge in [-0.2, -0.15) is 0 Å². The summed E-state index contributed by atoms with van der Waals surface area (Å²) in [6.07, 6.45) is 3.95. The fourth-order valence-corrected chi connectivity index (χ4v) is 1.10. The number of carbonyl (C=O) groups is 1. The Kier molecular flexibility index (Phi) is 4.12. The summed E-state index contributed by atoms with van der Waals surface area (Å²) in [7, 11) is 0. The van der Waals surface area contributed by atoms with Gasteiger partial charge in [0.1, 0.15) is 5.69 Å². The Morgan fingerprint density at radius 2 is 2.21 bits per heavy atom. The number of nitrogens with two attached hydrogens (primary N) is 1. The van der Waals surface area contributed by atoms with E-state index in [1.807, 2.05) is 0 Å². The third-order valence-corrected chi connectivity index (χ3v) is 1.85. The van der Waals surface area contributed by atoms with Crippen LogP contribution >= 0.6 is 0 Å². The maximum atomic E-state index is 10.6. The number of aromatic nitrogens is 2. The van der Waals surface area contributed by atoms with Crippen LogP contribution in [0, 0.1) is 0 Å². The van der Waals surface area contributed by atoms with Crippen molar-refractivity contribution >= 4 is 11.6 Å². The van der Waals surface area contributed by atoms with Crippen LogP contribution in [-0.2, 0) is 4.74 Å². The number of nitrogens with one attached hydrogen (secondary N) is 1. The van der Waals surface area contributed by atoms with Crippen LogP contribution in [0.3, 0.4) is 0 Å². The Morgan fingerprint density at radius 3 is 2.43 bits per heavy atom. The van der Waals surface area contributed by atoms with Crippen LogP contribution in [0.4, 0.5) is 5.82 Å². The van der Waals surface area contributed by atoms with Crippen LogP contribution in [0.5, 0.6) is 0 Å². The summed E-state index contributed by atoms with van der Waals surface area (Å²) < 4.78 is 4.94. The number of imidazole rings is 1. The van der Waals surface area contributed by atoms with E-state index in [2.05, 4.69) is 9.97 Å². The standard InChI is InChI=1S/C5H7N3O.C4H8O/c1-3(9)4-5(6)8-2-7-4;1-2-4-5-3-1/h2H,6H2,1H3,(H,7,8);1-4H2. The lowest BCUT2D eigenvalue weighted by atomic mass is 10.3. The van der Waals surface area contributed by atoms with Crippen molar-refractivity contribution in [2.24, 2.45) is 0 Å². The fraction of sp³-hybridized carbons (Fsp3) is 0.556. The summed E-state index contributed by atoms with van der Waals surface area (Å²) in [6.45, 7) is 3.43. The number of hydrogen-bond donors (Lipinski definition) is 2. The van der Waals surface area contributed by atoms with E-state index in [4.69, 9.17) is 10.5 Å². The lowest BCUT2D eigenvalue weighted by molar-refractivity contribution is 0.101. The third kappa shape index (κ3) is 3.18. The zero-order chi connectivity index (χ0) is 10.4. The summed E-state index contributed by atoms with van der Waals surface area (Å²) in [4.78, 5) is 16.8. The van der Waals surface area contributed by atoms with Gasteiger partial charge in [-0.05, 0) is 12.8 Å². The molecule has 0 saturated carbocycles. The van der Waals surface area contributed by atoms with Crippen LogP contribution in [-0.4, -0.2) is 29.0 Å². The molecule has 1 aromatic heterocycles. The van der Waals surface area contributed by atoms with Crippen molar-refractivity contribution in [1.82, 2.24) is 9.97 Å². The van der Waals surface area contributed by atoms with Gasteiger partial charge in [0.15, 0.2) is 11.6 Å². The number of ether oxygens (including phenoxy) is 1. The van der Waals surface area contributed by atoms with Gasteiger partial charge in [0, 0.05) is 20.1 Å². The molecule has 1 aromatic rings. The van der Waals surface area contributed by atoms with E-state index in [0.717, 1.165) is 13.2 Å². The molecular weight excluding hydrogens is 182 g/mol. The summed E-state index contributed by atoms with van der Waals surface area (Å²) in [5.41, 5.74) is 5.66. The normalized spacial score (nSPS) is 14.6. The van der Waals surface area contributed by atoms with Gasteiger partial charge < -0.3 is 15.5 Å². The van der Waals surface area contributed by atoms with Crippen molar-refractivity contribution < 1.29 is 9.53 Å². The molecule has 5 heteroatoms. The number of nitrogen functional groups attached to an aromatic ring is 1. The highest BCUT2D eigenvalue weighted by atomic mass is 16.5. The lowest BCUT2D eigenvalue weighted by Gasteiger charge is -1.87. The summed E-state index contributed by atoms with van der Waals surface area (Å²) in [5.74, 6) is 0.174. The molecule has 1 saturated heterocycles. The predicted molar refractivity (Wildman–Crippen MR) is 53.1 cm³/mol. The van der Waals surface area contributed by atoms with E-state index in [-0.39, 0.29) is 11.6 Å². The summed E-state index contributed by atoms with van der Waals surface area (Å²) >= 11 is 0. The number of rotatable bonds is 1. The Hall–Kier alpha value is -1.36. The largest absolute Gasteiger partial charge is 0.382 e. The molecule has 78 valence electrons. The highest BCUT2D eigenvalue weighted by Crippen LogP contribution is 2.03. The van der Waals surface area contributed by atoms with Gasteiger partial charge >= 0.3 is 0 Å². The molecule has 2 rings (SSSR count). The first-order valence-corrected chi connectivity index (χ1v) is 4.59. The zero-order valence-corrected chi connectivity index (χ0v) is 8.25. The minimum atomic E-state index is -0.0926. The molecule has 0 aliphatic carbocycles. The average molecular weight is 197 g/mol. The van der Waals surface area contributed by atoms with E-state index in [1.165, 1.54) is 26.1 Å². The van der Waals surface area contributed by atoms with Crippen molar-refractivity contribution in [1.29, 1.82) is 0 Å². The minimum absolute atomic E-state index is 0.0926. The average Bonchev–Trinajstić information content (AvgIpc) is 2.74. The molecule has 0 radical (unpaired) electrons. The van der Waals surface area contributed by atoms with E-state index in [0.29, 0.717) is 5.69 Å². The van der Waals surface area contributed by atoms with Crippen LogP contribution in [0.15, 0.2) is 6.33 Å². The first-order chi connectivity index (χ1) is 6.72. The predicted octanol–water partition coefficient (Wildman–Crippen LogP) is 0.991. The van der Waals surface area contributed by atoms with Crippen molar-refractivity contribution in [2.45, 2.75) is 19.8 Å². The number of Topliss-reactive ketones (excluding diaryl/α,β-unsaturated/α-hetero) is 1. The third-order valence-electron chi connectivity index (χ3n) is 1.85. The van der Waals surface area contributed by atoms with Gasteiger partial charge in [0.25, 0.3) is 0 Å². The number of ketones is 1. The van der Waals surface area contributed by atoms with Crippen molar-refractivity contribution in [3.63, 3.8) is 0 Å². The van der Waals surface area contributed by atoms with Crippen molar-refractivity contribution in [3.05, 3.63) is 12.0 Å². The van der Waals surface area contributed by atoms with E-state index in [9.17, 15) is 4.79 Å². The monoisotopic (exact) mass is 197 g/mol. The molecule has 0 amide bonds. The summed E-state index contributed by atoms with van der Waals surface area (Å²) in [5, 5.41) is 0. The summed E-state index contributed by atoms with van der Waals surface area (Å²) in [6, 6.07) is 0. The van der Waals surface area contributed by atoms with E-state index >= 15 is 0 Å². The van der Waals surface area contributed by atoms with Gasteiger partial charge in [-0.3, -0.25) is 4.79 Å². The molecule has 3 N–H and O–H groups in total. The molecule has 5 nitrogen and oxygen atoms in total. The molecule has 14 heavy (non-hydrogen) atoms. The molecule has 0 aromatic carbocycles. The van der Waals surface area contributed by atoms with Crippen LogP contribution in [0.25, 0.3) is 0 Å². The molecule has 1 aliphatic rings. The highest BCUT2D eigenvalue weighted by Gasteiger charge is 2.04. The number of nitrogens with zero attached hydrogens (tertiary/aromatic N) is 1. The second-order valence-corrected chi connectivity index (χ2v) is 3.04. The number of H-pyrrole nitrogens is 1. The SMILES string of the molecule is C1CCOC1.CC(=O)c1[nH]cnc1N. The Morgan fingerprint density at radius 1 is 1.57 bits per heavy atom. The topological polar surface area (TPSA) is 81.0 Å². The van der Waals surface area contributed by atoms with Gasteiger partial charge in [0.2, 0.25) is 0 Å². The van der Waals surface area contributed by atoms with Crippen LogP contribution < -0.4 is 5.73 Å². The number of carbonyl (C=O) groups excluding carboxylic acids is 1. The maximum Gasteiger partial charge on any atom is 0.179 e. The second-order valence-electron chi connectivity index (χ2n) is 3.04. The van der Waals surface area contributed by atoms with E-state index < -0.39 is 0 Å². The van der Waals surface area contributed by atoms with Gasteiger partial charge in [-0.1, -0.05) is 0 Å². The van der Waals surface area contributed by atoms with Crippen molar-refractivity contribution in [2.75, 3.05) is 18.9 Å². The first-order valence-electron chi connectivity index (χ1n) is 4.59. The number of hydrogen-bond acceptors (Lipinski definition) is 4. The maximum absolute atomic E-state index is 10.6. The zero-order valence-electron chi connectivity index (χ0n) is 8.25. The molecule has 0 bridgehead atoms. The molecular formula is C9H15N3O2. The van der Waals surface area contributed by atoms with Gasteiger partial charge in [0.05, 0.1) is 6.33 Å². The molecule has 0 spiro atoms. The molecule has 0 atom stereocenters. The smallest absolute Gasteiger partial charge is 0.179 e. The van der Waals surface area contributed by atoms with Crippen molar-refractivity contribution in [3.8, 4) is 0 Å². The fourth-order valence-electron chi connectivity index (χ4n) is 1.10. The lowest BCUT2D eigenvalue weighted by Crippen LogP contribution is -1.97. The molecule has 1 fully saturated rings. The van der Waals surface area contributed by atoms with E-state index in [1.54, 1.807) is 0 Å². The minimum Gasteiger partial charge on any atom is -0.382 e.